The Balaban J connectivity index is 2.22. The van der Waals surface area contributed by atoms with Crippen LogP contribution in [0.3, 0.4) is 0 Å². The molecule has 0 spiro atoms. The fourth-order valence-corrected chi connectivity index (χ4v) is 2.06. The first kappa shape index (κ1) is 10.3. The quantitative estimate of drug-likeness (QED) is 0.561. The highest BCUT2D eigenvalue weighted by molar-refractivity contribution is 5.55. The van der Waals surface area contributed by atoms with Crippen LogP contribution >= 0.6 is 0 Å². The van der Waals surface area contributed by atoms with E-state index < -0.39 is 0 Å². The van der Waals surface area contributed by atoms with Gasteiger partial charge in [0.1, 0.15) is 0 Å². The summed E-state index contributed by atoms with van der Waals surface area (Å²) < 4.78 is 5.55. The summed E-state index contributed by atoms with van der Waals surface area (Å²) in [5, 5.41) is 17.2. The van der Waals surface area contributed by atoms with Crippen LogP contribution in [0.1, 0.15) is 12.8 Å². The minimum absolute atomic E-state index is 0.0141. The molecule has 76 valence electrons. The lowest BCUT2D eigenvalue weighted by Crippen LogP contribution is -2.41. The molecule has 1 fully saturated rings. The number of hydrogen-bond acceptors (Lipinski definition) is 3. The molecule has 3 heteroatoms. The number of hydrogen-bond donors (Lipinski definition) is 0. The van der Waals surface area contributed by atoms with E-state index in [2.05, 4.69) is 29.8 Å². The van der Waals surface area contributed by atoms with Gasteiger partial charge < -0.3 is 4.74 Å². The summed E-state index contributed by atoms with van der Waals surface area (Å²) in [5.41, 5.74) is 1.48. The molecule has 0 aromatic heterocycles. The Bertz CT molecular complexity index is 537. The van der Waals surface area contributed by atoms with Gasteiger partial charge >= 0.3 is 0 Å². The number of nitrogens with zero attached hydrogens (tertiary/aromatic N) is 2. The first-order valence-corrected chi connectivity index (χ1v) is 5.04. The third-order valence-corrected chi connectivity index (χ3v) is 2.77. The van der Waals surface area contributed by atoms with Crippen molar-refractivity contribution >= 4 is 0 Å². The molecule has 0 saturated carbocycles. The average molecular weight is 208 g/mol. The lowest BCUT2D eigenvalue weighted by molar-refractivity contribution is -0.00532. The third-order valence-electron chi connectivity index (χ3n) is 2.77. The first-order chi connectivity index (χ1) is 7.88. The molecule has 16 heavy (non-hydrogen) atoms. The SMILES string of the molecule is N#CC#CC#CC1=C(C#N)C2CCCOC12. The lowest BCUT2D eigenvalue weighted by atomic mass is 9.72. The second kappa shape index (κ2) is 4.55. The molecule has 1 heterocycles. The van der Waals surface area contributed by atoms with Crippen molar-refractivity contribution in [2.24, 2.45) is 5.92 Å². The molecule has 0 amide bonds. The van der Waals surface area contributed by atoms with Crippen molar-refractivity contribution in [1.29, 1.82) is 10.5 Å². The van der Waals surface area contributed by atoms with Crippen LogP contribution in [0, 0.1) is 52.3 Å². The van der Waals surface area contributed by atoms with Gasteiger partial charge in [-0.25, -0.2) is 0 Å². The highest BCUT2D eigenvalue weighted by Crippen LogP contribution is 2.42. The molecule has 1 aliphatic heterocycles. The molecule has 0 aromatic rings. The molecule has 0 radical (unpaired) electrons. The minimum Gasteiger partial charge on any atom is -0.372 e. The highest BCUT2D eigenvalue weighted by atomic mass is 16.5. The van der Waals surface area contributed by atoms with Gasteiger partial charge in [0.2, 0.25) is 0 Å². The normalized spacial score (nSPS) is 25.6. The van der Waals surface area contributed by atoms with Crippen LogP contribution in [0.15, 0.2) is 11.1 Å². The summed E-state index contributed by atoms with van der Waals surface area (Å²) in [5.74, 6) is 10.2. The predicted octanol–water partition coefficient (Wildman–Crippen LogP) is 1.15. The van der Waals surface area contributed by atoms with Crippen LogP contribution < -0.4 is 0 Å². The van der Waals surface area contributed by atoms with Gasteiger partial charge in [0.15, 0.2) is 6.07 Å². The van der Waals surface area contributed by atoms with E-state index in [0.29, 0.717) is 0 Å². The molecule has 2 rings (SSSR count). The van der Waals surface area contributed by atoms with Gasteiger partial charge in [-0.3, -0.25) is 0 Å². The fourth-order valence-electron chi connectivity index (χ4n) is 2.06. The van der Waals surface area contributed by atoms with E-state index in [1.165, 1.54) is 0 Å². The highest BCUT2D eigenvalue weighted by Gasteiger charge is 2.42. The van der Waals surface area contributed by atoms with Crippen LogP contribution in [0.25, 0.3) is 0 Å². The van der Waals surface area contributed by atoms with E-state index in [0.717, 1.165) is 30.6 Å². The Morgan fingerprint density at radius 3 is 2.75 bits per heavy atom. The first-order valence-electron chi connectivity index (χ1n) is 5.04. The van der Waals surface area contributed by atoms with Crippen LogP contribution in [0.2, 0.25) is 0 Å². The summed E-state index contributed by atoms with van der Waals surface area (Å²) in [6, 6.07) is 3.86. The molecular formula is C13H8N2O. The van der Waals surface area contributed by atoms with E-state index >= 15 is 0 Å². The second-order valence-electron chi connectivity index (χ2n) is 3.59. The van der Waals surface area contributed by atoms with Crippen LogP contribution in [0.4, 0.5) is 0 Å². The lowest BCUT2D eigenvalue weighted by Gasteiger charge is -2.39. The number of rotatable bonds is 0. The molecule has 2 atom stereocenters. The topological polar surface area (TPSA) is 56.8 Å². The zero-order valence-corrected chi connectivity index (χ0v) is 8.58. The molecule has 2 aliphatic rings. The number of nitriles is 2. The summed E-state index contributed by atoms with van der Waals surface area (Å²) in [7, 11) is 0. The van der Waals surface area contributed by atoms with Gasteiger partial charge in [-0.2, -0.15) is 10.5 Å². The molecule has 0 bridgehead atoms. The molecular weight excluding hydrogens is 200 g/mol. The summed E-state index contributed by atoms with van der Waals surface area (Å²) in [6.45, 7) is 0.731. The fraction of sp³-hybridized carbons (Fsp3) is 0.385. The van der Waals surface area contributed by atoms with Gasteiger partial charge in [-0.15, -0.1) is 0 Å². The Morgan fingerprint density at radius 1 is 1.12 bits per heavy atom. The third kappa shape index (κ3) is 1.66. The zero-order chi connectivity index (χ0) is 11.4. The van der Waals surface area contributed by atoms with Gasteiger partial charge in [0, 0.05) is 35.5 Å². The van der Waals surface area contributed by atoms with Gasteiger partial charge in [0.25, 0.3) is 0 Å². The van der Waals surface area contributed by atoms with Crippen LogP contribution in [-0.2, 0) is 4.74 Å². The van der Waals surface area contributed by atoms with Gasteiger partial charge in [0.05, 0.1) is 12.2 Å². The monoisotopic (exact) mass is 208 g/mol. The van der Waals surface area contributed by atoms with E-state index in [1.54, 1.807) is 6.07 Å². The zero-order valence-electron chi connectivity index (χ0n) is 8.58. The van der Waals surface area contributed by atoms with E-state index in [4.69, 9.17) is 15.3 Å². The van der Waals surface area contributed by atoms with Gasteiger partial charge in [-0.1, -0.05) is 5.92 Å². The van der Waals surface area contributed by atoms with Crippen molar-refractivity contribution in [2.45, 2.75) is 18.9 Å². The van der Waals surface area contributed by atoms with Crippen LogP contribution in [-0.4, -0.2) is 12.7 Å². The molecule has 0 aromatic carbocycles. The maximum atomic E-state index is 8.98. The summed E-state index contributed by atoms with van der Waals surface area (Å²) in [4.78, 5) is 0. The summed E-state index contributed by atoms with van der Waals surface area (Å²) in [6.07, 6.45) is 1.99. The standard InChI is InChI=1S/C13H8N2O/c14-7-3-1-2-5-10-12(9-15)11-6-4-8-16-13(10)11/h11,13H,4,6,8H2. The summed E-state index contributed by atoms with van der Waals surface area (Å²) >= 11 is 0. The molecule has 1 aliphatic carbocycles. The molecule has 1 saturated heterocycles. The second-order valence-corrected chi connectivity index (χ2v) is 3.59. The molecule has 2 unspecified atom stereocenters. The number of fused-ring (bicyclic) bond motifs is 1. The van der Waals surface area contributed by atoms with Crippen molar-refractivity contribution in [3.05, 3.63) is 11.1 Å². The van der Waals surface area contributed by atoms with Crippen molar-refractivity contribution < 1.29 is 4.74 Å². The molecule has 3 nitrogen and oxygen atoms in total. The molecule has 0 N–H and O–H groups in total. The number of ether oxygens (including phenoxy) is 1. The Morgan fingerprint density at radius 2 is 2.00 bits per heavy atom. The van der Waals surface area contributed by atoms with Crippen molar-refractivity contribution in [1.82, 2.24) is 0 Å². The Kier molecular flexibility index (Phi) is 2.93. The maximum Gasteiger partial charge on any atom is 0.153 e. The van der Waals surface area contributed by atoms with E-state index in [1.807, 2.05) is 0 Å². The Hall–Kier alpha value is -2.20. The largest absolute Gasteiger partial charge is 0.372 e. The predicted molar refractivity (Wildman–Crippen MR) is 56.3 cm³/mol. The van der Waals surface area contributed by atoms with E-state index in [-0.39, 0.29) is 12.0 Å². The maximum absolute atomic E-state index is 8.98. The van der Waals surface area contributed by atoms with Crippen molar-refractivity contribution in [3.63, 3.8) is 0 Å². The average Bonchev–Trinajstić information content (AvgIpc) is 2.30. The smallest absolute Gasteiger partial charge is 0.153 e. The van der Waals surface area contributed by atoms with Crippen LogP contribution in [0.5, 0.6) is 0 Å². The van der Waals surface area contributed by atoms with Crippen molar-refractivity contribution in [3.8, 4) is 35.8 Å². The minimum atomic E-state index is -0.0141. The Labute approximate surface area is 94.3 Å². The van der Waals surface area contributed by atoms with Crippen molar-refractivity contribution in [2.75, 3.05) is 6.61 Å². The van der Waals surface area contributed by atoms with E-state index in [9.17, 15) is 0 Å². The van der Waals surface area contributed by atoms with Gasteiger partial charge in [-0.05, 0) is 18.8 Å².